The average Bonchev–Trinajstić information content (AvgIpc) is 2.49. The van der Waals surface area contributed by atoms with E-state index in [2.05, 4.69) is 20.9 Å². The lowest BCUT2D eigenvalue weighted by atomic mass is 10.3. The van der Waals surface area contributed by atoms with Crippen LogP contribution in [0.3, 0.4) is 0 Å². The zero-order valence-corrected chi connectivity index (χ0v) is 14.5. The Morgan fingerprint density at radius 3 is 2.48 bits per heavy atom. The van der Waals surface area contributed by atoms with Gasteiger partial charge in [0.05, 0.1) is 12.3 Å². The molecular formula is C15H24N4O3S. The van der Waals surface area contributed by atoms with Crippen LogP contribution < -0.4 is 16.0 Å². The van der Waals surface area contributed by atoms with Crippen molar-refractivity contribution in [1.82, 2.24) is 10.6 Å². The molecule has 128 valence electrons. The molecule has 8 heteroatoms. The van der Waals surface area contributed by atoms with Gasteiger partial charge in [-0.05, 0) is 25.5 Å². The molecule has 0 bridgehead atoms. The monoisotopic (exact) mass is 340 g/mol. The Morgan fingerprint density at radius 1 is 1.26 bits per heavy atom. The fourth-order valence-electron chi connectivity index (χ4n) is 1.78. The van der Waals surface area contributed by atoms with E-state index in [9.17, 15) is 13.2 Å². The van der Waals surface area contributed by atoms with Crippen molar-refractivity contribution in [2.75, 3.05) is 30.9 Å². The van der Waals surface area contributed by atoms with Crippen LogP contribution in [0.4, 0.5) is 5.69 Å². The van der Waals surface area contributed by atoms with E-state index >= 15 is 0 Å². The minimum Gasteiger partial charge on any atom is -0.354 e. The summed E-state index contributed by atoms with van der Waals surface area (Å²) >= 11 is 0. The first-order chi connectivity index (χ1) is 10.8. The second kappa shape index (κ2) is 9.14. The van der Waals surface area contributed by atoms with Crippen LogP contribution in [0.1, 0.15) is 13.3 Å². The van der Waals surface area contributed by atoms with Gasteiger partial charge in [-0.1, -0.05) is 18.2 Å². The molecule has 1 amide bonds. The average molecular weight is 340 g/mol. The molecule has 1 unspecified atom stereocenters. The highest BCUT2D eigenvalue weighted by molar-refractivity contribution is 7.90. The number of rotatable bonds is 7. The first-order valence-electron chi connectivity index (χ1n) is 7.30. The Balaban J connectivity index is 2.37. The standard InChI is InChI=1S/C15H24N4O3S/c1-12(9-10-23(3,21)22)18-15(16-2)17-11-14(20)19-13-7-5-4-6-8-13/h4-8,12H,9-11H2,1-3H3,(H,19,20)(H2,16,17,18). The van der Waals surface area contributed by atoms with Crippen LogP contribution in [0.2, 0.25) is 0 Å². The van der Waals surface area contributed by atoms with E-state index in [1.54, 1.807) is 19.2 Å². The lowest BCUT2D eigenvalue weighted by Crippen LogP contribution is -2.45. The highest BCUT2D eigenvalue weighted by Gasteiger charge is 2.10. The summed E-state index contributed by atoms with van der Waals surface area (Å²) in [6, 6.07) is 9.08. The number of para-hydroxylation sites is 1. The lowest BCUT2D eigenvalue weighted by molar-refractivity contribution is -0.115. The third-order valence-electron chi connectivity index (χ3n) is 3.00. The number of sulfone groups is 1. The third kappa shape index (κ3) is 8.82. The number of hydrogen-bond donors (Lipinski definition) is 3. The van der Waals surface area contributed by atoms with Crippen LogP contribution in [0.25, 0.3) is 0 Å². The maximum absolute atomic E-state index is 11.8. The molecule has 0 spiro atoms. The first kappa shape index (κ1) is 19.0. The number of hydrogen-bond acceptors (Lipinski definition) is 4. The van der Waals surface area contributed by atoms with Gasteiger partial charge in [0.1, 0.15) is 9.84 Å². The molecule has 23 heavy (non-hydrogen) atoms. The van der Waals surface area contributed by atoms with Gasteiger partial charge in [0.15, 0.2) is 5.96 Å². The number of nitrogens with one attached hydrogen (secondary N) is 3. The number of guanidine groups is 1. The van der Waals surface area contributed by atoms with Gasteiger partial charge < -0.3 is 16.0 Å². The summed E-state index contributed by atoms with van der Waals surface area (Å²) in [6.45, 7) is 1.93. The summed E-state index contributed by atoms with van der Waals surface area (Å²) in [5.74, 6) is 0.365. The van der Waals surface area contributed by atoms with E-state index in [0.717, 1.165) is 5.69 Å². The minimum atomic E-state index is -2.99. The number of benzene rings is 1. The molecule has 0 radical (unpaired) electrons. The molecule has 0 aliphatic rings. The molecule has 0 aliphatic carbocycles. The molecule has 7 nitrogen and oxygen atoms in total. The van der Waals surface area contributed by atoms with E-state index < -0.39 is 9.84 Å². The Morgan fingerprint density at radius 2 is 1.91 bits per heavy atom. The summed E-state index contributed by atoms with van der Waals surface area (Å²) < 4.78 is 22.3. The predicted octanol–water partition coefficient (Wildman–Crippen LogP) is 0.613. The highest BCUT2D eigenvalue weighted by atomic mass is 32.2. The van der Waals surface area contributed by atoms with Crippen molar-refractivity contribution in [3.63, 3.8) is 0 Å². The largest absolute Gasteiger partial charge is 0.354 e. The molecule has 0 fully saturated rings. The van der Waals surface area contributed by atoms with Gasteiger partial charge in [-0.3, -0.25) is 9.79 Å². The normalized spacial score (nSPS) is 13.3. The quantitative estimate of drug-likeness (QED) is 0.499. The molecule has 1 atom stereocenters. The Labute approximate surface area is 137 Å². The van der Waals surface area contributed by atoms with Crippen molar-refractivity contribution in [3.05, 3.63) is 30.3 Å². The number of anilines is 1. The molecule has 0 saturated carbocycles. The van der Waals surface area contributed by atoms with Gasteiger partial charge in [0, 0.05) is 25.0 Å². The van der Waals surface area contributed by atoms with E-state index in [1.807, 2.05) is 25.1 Å². The second-order valence-corrected chi connectivity index (χ2v) is 7.56. The van der Waals surface area contributed by atoms with Crippen molar-refractivity contribution in [2.45, 2.75) is 19.4 Å². The van der Waals surface area contributed by atoms with Crippen LogP contribution in [0.15, 0.2) is 35.3 Å². The minimum absolute atomic E-state index is 0.0629. The molecule has 0 aromatic heterocycles. The molecular weight excluding hydrogens is 316 g/mol. The summed E-state index contributed by atoms with van der Waals surface area (Å²) in [5, 5.41) is 8.70. The maximum Gasteiger partial charge on any atom is 0.243 e. The smallest absolute Gasteiger partial charge is 0.243 e. The number of aliphatic imine (C=N–C) groups is 1. The van der Waals surface area contributed by atoms with Crippen LogP contribution >= 0.6 is 0 Å². The Hall–Kier alpha value is -2.09. The number of carbonyl (C=O) groups is 1. The van der Waals surface area contributed by atoms with E-state index in [-0.39, 0.29) is 24.2 Å². The summed E-state index contributed by atoms with van der Waals surface area (Å²) in [5.41, 5.74) is 0.726. The van der Waals surface area contributed by atoms with Crippen molar-refractivity contribution in [1.29, 1.82) is 0 Å². The SMILES string of the molecule is CN=C(NCC(=O)Nc1ccccc1)NC(C)CCS(C)(=O)=O. The van der Waals surface area contributed by atoms with Gasteiger partial charge in [-0.2, -0.15) is 0 Å². The van der Waals surface area contributed by atoms with E-state index in [1.165, 1.54) is 6.26 Å². The summed E-state index contributed by atoms with van der Waals surface area (Å²) in [6.07, 6.45) is 1.68. The Bertz CT molecular complexity index is 629. The lowest BCUT2D eigenvalue weighted by Gasteiger charge is -2.17. The zero-order chi connectivity index (χ0) is 17.3. The van der Waals surface area contributed by atoms with Crippen molar-refractivity contribution in [2.24, 2.45) is 4.99 Å². The second-order valence-electron chi connectivity index (χ2n) is 5.30. The van der Waals surface area contributed by atoms with E-state index in [0.29, 0.717) is 12.4 Å². The van der Waals surface area contributed by atoms with Gasteiger partial charge in [-0.15, -0.1) is 0 Å². The number of carbonyl (C=O) groups excluding carboxylic acids is 1. The summed E-state index contributed by atoms with van der Waals surface area (Å²) in [4.78, 5) is 15.9. The Kier molecular flexibility index (Phi) is 7.53. The zero-order valence-electron chi connectivity index (χ0n) is 13.7. The van der Waals surface area contributed by atoms with Crippen molar-refractivity contribution < 1.29 is 13.2 Å². The topological polar surface area (TPSA) is 99.7 Å². The molecule has 3 N–H and O–H groups in total. The maximum atomic E-state index is 11.8. The summed E-state index contributed by atoms with van der Waals surface area (Å²) in [7, 11) is -1.40. The van der Waals surface area contributed by atoms with Crippen molar-refractivity contribution >= 4 is 27.4 Å². The molecule has 1 aromatic carbocycles. The van der Waals surface area contributed by atoms with Gasteiger partial charge in [0.2, 0.25) is 5.91 Å². The fourth-order valence-corrected chi connectivity index (χ4v) is 2.56. The van der Waals surface area contributed by atoms with Gasteiger partial charge in [-0.25, -0.2) is 8.42 Å². The van der Waals surface area contributed by atoms with Gasteiger partial charge in [0.25, 0.3) is 0 Å². The predicted molar refractivity (Wildman–Crippen MR) is 93.4 cm³/mol. The number of nitrogens with zero attached hydrogens (tertiary/aromatic N) is 1. The molecule has 0 aliphatic heterocycles. The molecule has 0 heterocycles. The molecule has 1 aromatic rings. The molecule has 0 saturated heterocycles. The van der Waals surface area contributed by atoms with Crippen molar-refractivity contribution in [3.8, 4) is 0 Å². The van der Waals surface area contributed by atoms with Crippen LogP contribution in [0, 0.1) is 0 Å². The first-order valence-corrected chi connectivity index (χ1v) is 9.36. The van der Waals surface area contributed by atoms with Crippen LogP contribution in [0.5, 0.6) is 0 Å². The highest BCUT2D eigenvalue weighted by Crippen LogP contribution is 2.03. The third-order valence-corrected chi connectivity index (χ3v) is 3.98. The van der Waals surface area contributed by atoms with Gasteiger partial charge >= 0.3 is 0 Å². The van der Waals surface area contributed by atoms with Crippen LogP contribution in [-0.4, -0.2) is 51.9 Å². The van der Waals surface area contributed by atoms with Crippen LogP contribution in [-0.2, 0) is 14.6 Å². The molecule has 1 rings (SSSR count). The fraction of sp³-hybridized carbons (Fsp3) is 0.467. The van der Waals surface area contributed by atoms with E-state index in [4.69, 9.17) is 0 Å². The number of amides is 1.